The molecule has 3 rings (SSSR count). The molecule has 0 radical (unpaired) electrons. The van der Waals surface area contributed by atoms with Crippen LogP contribution in [-0.4, -0.2) is 20.4 Å². The van der Waals surface area contributed by atoms with Crippen molar-refractivity contribution >= 4 is 38.6 Å². The molecule has 0 amide bonds. The Morgan fingerprint density at radius 3 is 2.90 bits per heavy atom. The molecule has 1 unspecified atom stereocenters. The van der Waals surface area contributed by atoms with Gasteiger partial charge in [0.2, 0.25) is 0 Å². The predicted molar refractivity (Wildman–Crippen MR) is 89.9 cm³/mol. The van der Waals surface area contributed by atoms with Crippen molar-refractivity contribution in [1.29, 1.82) is 0 Å². The quantitative estimate of drug-likeness (QED) is 0.634. The van der Waals surface area contributed by atoms with Crippen LogP contribution >= 0.6 is 27.5 Å². The molecule has 0 saturated carbocycles. The summed E-state index contributed by atoms with van der Waals surface area (Å²) in [5.41, 5.74) is 3.27. The number of hydrogen-bond acceptors (Lipinski definition) is 2. The van der Waals surface area contributed by atoms with Crippen molar-refractivity contribution in [3.63, 3.8) is 0 Å². The van der Waals surface area contributed by atoms with Crippen molar-refractivity contribution in [2.45, 2.75) is 19.4 Å². The van der Waals surface area contributed by atoms with Gasteiger partial charge in [-0.25, -0.2) is 4.98 Å². The molecule has 0 saturated heterocycles. The third kappa shape index (κ3) is 2.83. The molecule has 108 valence electrons. The summed E-state index contributed by atoms with van der Waals surface area (Å²) in [6.07, 6.45) is 4.44. The smallest absolute Gasteiger partial charge is 0.111 e. The number of pyridine rings is 1. The van der Waals surface area contributed by atoms with E-state index in [9.17, 15) is 0 Å². The second kappa shape index (κ2) is 6.16. The van der Waals surface area contributed by atoms with E-state index in [0.29, 0.717) is 5.88 Å². The van der Waals surface area contributed by atoms with Crippen LogP contribution in [0.15, 0.2) is 47.2 Å². The molecule has 0 fully saturated rings. The summed E-state index contributed by atoms with van der Waals surface area (Å²) < 4.78 is 3.28. The zero-order valence-corrected chi connectivity index (χ0v) is 14.0. The molecule has 5 heteroatoms. The SMILES string of the molecule is CC(c1cccnc1)n1c(CCCl)nc2cc(Br)ccc21. The fraction of sp³-hybridized carbons (Fsp3) is 0.250. The lowest BCUT2D eigenvalue weighted by Gasteiger charge is -2.17. The van der Waals surface area contributed by atoms with Crippen LogP contribution in [0, 0.1) is 0 Å². The van der Waals surface area contributed by atoms with Gasteiger partial charge in [-0.3, -0.25) is 4.98 Å². The number of imidazole rings is 1. The largest absolute Gasteiger partial charge is 0.321 e. The lowest BCUT2D eigenvalue weighted by atomic mass is 10.1. The summed E-state index contributed by atoms with van der Waals surface area (Å²) in [6, 6.07) is 10.4. The Bertz CT molecular complexity index is 755. The molecule has 0 aliphatic heterocycles. The first-order valence-corrected chi connectivity index (χ1v) is 8.15. The lowest BCUT2D eigenvalue weighted by Crippen LogP contribution is -2.11. The molecular weight excluding hydrogens is 350 g/mol. The van der Waals surface area contributed by atoms with Gasteiger partial charge in [0.15, 0.2) is 0 Å². The first-order valence-electron chi connectivity index (χ1n) is 6.83. The number of rotatable bonds is 4. The summed E-state index contributed by atoms with van der Waals surface area (Å²) in [5.74, 6) is 1.57. The van der Waals surface area contributed by atoms with Crippen LogP contribution in [0.5, 0.6) is 0 Å². The number of alkyl halides is 1. The van der Waals surface area contributed by atoms with E-state index < -0.39 is 0 Å². The summed E-state index contributed by atoms with van der Waals surface area (Å²) >= 11 is 9.44. The Morgan fingerprint density at radius 2 is 2.19 bits per heavy atom. The van der Waals surface area contributed by atoms with Gasteiger partial charge in [0.05, 0.1) is 17.1 Å². The van der Waals surface area contributed by atoms with Gasteiger partial charge in [0, 0.05) is 29.2 Å². The summed E-state index contributed by atoms with van der Waals surface area (Å²) in [7, 11) is 0. The molecule has 0 bridgehead atoms. The van der Waals surface area contributed by atoms with Crippen molar-refractivity contribution in [2.24, 2.45) is 0 Å². The first kappa shape index (κ1) is 14.5. The van der Waals surface area contributed by atoms with Gasteiger partial charge < -0.3 is 4.57 Å². The highest BCUT2D eigenvalue weighted by molar-refractivity contribution is 9.10. The number of fused-ring (bicyclic) bond motifs is 1. The maximum Gasteiger partial charge on any atom is 0.111 e. The van der Waals surface area contributed by atoms with Gasteiger partial charge in [0.1, 0.15) is 5.82 Å². The van der Waals surface area contributed by atoms with E-state index in [4.69, 9.17) is 16.6 Å². The Hall–Kier alpha value is -1.39. The second-order valence-corrected chi connectivity index (χ2v) is 6.23. The number of benzene rings is 1. The van der Waals surface area contributed by atoms with Crippen LogP contribution in [-0.2, 0) is 6.42 Å². The van der Waals surface area contributed by atoms with Crippen molar-refractivity contribution in [1.82, 2.24) is 14.5 Å². The van der Waals surface area contributed by atoms with Gasteiger partial charge in [-0.2, -0.15) is 0 Å². The maximum absolute atomic E-state index is 5.94. The minimum Gasteiger partial charge on any atom is -0.321 e. The molecule has 2 heterocycles. The van der Waals surface area contributed by atoms with Crippen LogP contribution in [0.25, 0.3) is 11.0 Å². The molecular formula is C16H15BrClN3. The molecule has 2 aromatic heterocycles. The molecule has 3 nitrogen and oxygen atoms in total. The lowest BCUT2D eigenvalue weighted by molar-refractivity contribution is 0.621. The van der Waals surface area contributed by atoms with Crippen molar-refractivity contribution in [2.75, 3.05) is 5.88 Å². The third-order valence-electron chi connectivity index (χ3n) is 3.60. The normalized spacial score (nSPS) is 12.7. The topological polar surface area (TPSA) is 30.7 Å². The Morgan fingerprint density at radius 1 is 1.33 bits per heavy atom. The van der Waals surface area contributed by atoms with Gasteiger partial charge >= 0.3 is 0 Å². The van der Waals surface area contributed by atoms with E-state index >= 15 is 0 Å². The Kier molecular flexibility index (Phi) is 4.27. The highest BCUT2D eigenvalue weighted by Crippen LogP contribution is 2.27. The predicted octanol–water partition coefficient (Wildman–Crippen LogP) is 4.58. The van der Waals surface area contributed by atoms with Crippen LogP contribution < -0.4 is 0 Å². The van der Waals surface area contributed by atoms with Crippen LogP contribution in [0.2, 0.25) is 0 Å². The molecule has 21 heavy (non-hydrogen) atoms. The third-order valence-corrected chi connectivity index (χ3v) is 4.28. The molecule has 1 aromatic carbocycles. The van der Waals surface area contributed by atoms with Crippen LogP contribution in [0.3, 0.4) is 0 Å². The molecule has 0 spiro atoms. The van der Waals surface area contributed by atoms with Crippen molar-refractivity contribution in [3.8, 4) is 0 Å². The minimum atomic E-state index is 0.170. The highest BCUT2D eigenvalue weighted by atomic mass is 79.9. The van der Waals surface area contributed by atoms with E-state index in [2.05, 4.69) is 44.5 Å². The Balaban J connectivity index is 2.17. The average Bonchev–Trinajstić information content (AvgIpc) is 2.85. The van der Waals surface area contributed by atoms with E-state index in [-0.39, 0.29) is 6.04 Å². The van der Waals surface area contributed by atoms with Crippen LogP contribution in [0.4, 0.5) is 0 Å². The zero-order valence-electron chi connectivity index (χ0n) is 11.6. The van der Waals surface area contributed by atoms with E-state index in [1.165, 1.54) is 0 Å². The second-order valence-electron chi connectivity index (χ2n) is 4.93. The zero-order chi connectivity index (χ0) is 14.8. The summed E-state index contributed by atoms with van der Waals surface area (Å²) in [6.45, 7) is 2.16. The highest BCUT2D eigenvalue weighted by Gasteiger charge is 2.17. The summed E-state index contributed by atoms with van der Waals surface area (Å²) in [5, 5.41) is 0. The first-order chi connectivity index (χ1) is 10.2. The Labute approximate surface area is 137 Å². The standard InChI is InChI=1S/C16H15BrClN3/c1-11(12-3-2-8-19-10-12)21-15-5-4-13(17)9-14(15)20-16(21)6-7-18/h2-5,8-11H,6-7H2,1H3. The maximum atomic E-state index is 5.94. The van der Waals surface area contributed by atoms with Crippen molar-refractivity contribution < 1.29 is 0 Å². The van der Waals surface area contributed by atoms with Gasteiger partial charge in [-0.1, -0.05) is 22.0 Å². The number of nitrogens with zero attached hydrogens (tertiary/aromatic N) is 3. The van der Waals surface area contributed by atoms with E-state index in [0.717, 1.165) is 33.3 Å². The van der Waals surface area contributed by atoms with Gasteiger partial charge in [-0.15, -0.1) is 11.6 Å². The minimum absolute atomic E-state index is 0.170. The monoisotopic (exact) mass is 363 g/mol. The number of halogens is 2. The summed E-state index contributed by atoms with van der Waals surface area (Å²) in [4.78, 5) is 8.96. The average molecular weight is 365 g/mol. The molecule has 0 N–H and O–H groups in total. The fourth-order valence-corrected chi connectivity index (χ4v) is 3.11. The number of hydrogen-bond donors (Lipinski definition) is 0. The fourth-order valence-electron chi connectivity index (χ4n) is 2.59. The van der Waals surface area contributed by atoms with Gasteiger partial charge in [-0.05, 0) is 36.8 Å². The molecule has 0 aliphatic rings. The van der Waals surface area contributed by atoms with E-state index in [1.54, 1.807) is 6.20 Å². The molecule has 1 atom stereocenters. The van der Waals surface area contributed by atoms with Crippen LogP contribution in [0.1, 0.15) is 24.4 Å². The van der Waals surface area contributed by atoms with E-state index in [1.807, 2.05) is 24.4 Å². The molecule has 3 aromatic rings. The van der Waals surface area contributed by atoms with Gasteiger partial charge in [0.25, 0.3) is 0 Å². The number of aryl methyl sites for hydroxylation is 1. The number of aromatic nitrogens is 3. The van der Waals surface area contributed by atoms with Crippen molar-refractivity contribution in [3.05, 3.63) is 58.6 Å². The molecule has 0 aliphatic carbocycles.